The van der Waals surface area contributed by atoms with Crippen LogP contribution in [0, 0.1) is 0 Å². The summed E-state index contributed by atoms with van der Waals surface area (Å²) in [6, 6.07) is 13.0. The van der Waals surface area contributed by atoms with Crippen LogP contribution in [0.2, 0.25) is 0 Å². The van der Waals surface area contributed by atoms with E-state index in [1.165, 1.54) is 0 Å². The SMILES string of the molecule is COc1ccc(C/C(O)=C2/C(=O)Cc3ccccc32)cc1OC. The molecule has 3 rings (SSSR count). The van der Waals surface area contributed by atoms with Crippen LogP contribution in [0.3, 0.4) is 0 Å². The zero-order valence-electron chi connectivity index (χ0n) is 13.1. The molecule has 0 spiro atoms. The molecular weight excluding hydrogens is 292 g/mol. The van der Waals surface area contributed by atoms with Crippen molar-refractivity contribution in [1.29, 1.82) is 0 Å². The Morgan fingerprint density at radius 2 is 1.83 bits per heavy atom. The fourth-order valence-corrected chi connectivity index (χ4v) is 2.92. The fourth-order valence-electron chi connectivity index (χ4n) is 2.92. The van der Waals surface area contributed by atoms with Gasteiger partial charge in [-0.1, -0.05) is 30.3 Å². The van der Waals surface area contributed by atoms with Crippen molar-refractivity contribution in [3.05, 3.63) is 64.9 Å². The number of aliphatic hydroxyl groups excluding tert-OH is 1. The van der Waals surface area contributed by atoms with Crippen molar-refractivity contribution in [2.45, 2.75) is 12.8 Å². The lowest BCUT2D eigenvalue weighted by atomic mass is 10.0. The number of Topliss-reactive ketones (excluding diaryl/α,β-unsaturated/α-hetero) is 1. The fraction of sp³-hybridized carbons (Fsp3) is 0.211. The second-order valence-corrected chi connectivity index (χ2v) is 5.44. The molecule has 1 aliphatic carbocycles. The van der Waals surface area contributed by atoms with Crippen molar-refractivity contribution >= 4 is 11.4 Å². The van der Waals surface area contributed by atoms with Crippen molar-refractivity contribution in [2.75, 3.05) is 14.2 Å². The number of benzene rings is 2. The number of methoxy groups -OCH3 is 2. The van der Waals surface area contributed by atoms with Gasteiger partial charge in [0.05, 0.1) is 19.8 Å². The van der Waals surface area contributed by atoms with Gasteiger partial charge in [-0.2, -0.15) is 0 Å². The highest BCUT2D eigenvalue weighted by Gasteiger charge is 2.27. The first kappa shape index (κ1) is 15.2. The molecule has 0 aromatic heterocycles. The van der Waals surface area contributed by atoms with E-state index in [0.29, 0.717) is 23.5 Å². The summed E-state index contributed by atoms with van der Waals surface area (Å²) in [4.78, 5) is 12.2. The minimum atomic E-state index is -0.0378. The van der Waals surface area contributed by atoms with E-state index in [4.69, 9.17) is 9.47 Å². The molecule has 0 saturated heterocycles. The minimum Gasteiger partial charge on any atom is -0.511 e. The molecule has 0 fully saturated rings. The molecular formula is C19H18O4. The third-order valence-electron chi connectivity index (χ3n) is 4.02. The van der Waals surface area contributed by atoms with Gasteiger partial charge in [-0.05, 0) is 28.8 Å². The zero-order valence-corrected chi connectivity index (χ0v) is 13.1. The first-order chi connectivity index (χ1) is 11.1. The van der Waals surface area contributed by atoms with Crippen molar-refractivity contribution < 1.29 is 19.4 Å². The average Bonchev–Trinajstić information content (AvgIpc) is 2.90. The topological polar surface area (TPSA) is 55.8 Å². The third kappa shape index (κ3) is 2.80. The van der Waals surface area contributed by atoms with E-state index in [0.717, 1.165) is 16.7 Å². The first-order valence-electron chi connectivity index (χ1n) is 7.38. The lowest BCUT2D eigenvalue weighted by Crippen LogP contribution is -2.01. The van der Waals surface area contributed by atoms with Crippen LogP contribution in [-0.4, -0.2) is 25.1 Å². The number of fused-ring (bicyclic) bond motifs is 1. The Balaban J connectivity index is 1.95. The molecule has 0 atom stereocenters. The molecule has 0 radical (unpaired) electrons. The molecule has 0 bridgehead atoms. The Hall–Kier alpha value is -2.75. The second-order valence-electron chi connectivity index (χ2n) is 5.44. The van der Waals surface area contributed by atoms with E-state index < -0.39 is 0 Å². The van der Waals surface area contributed by atoms with Crippen molar-refractivity contribution in [1.82, 2.24) is 0 Å². The predicted octanol–water partition coefficient (Wildman–Crippen LogP) is 3.34. The Morgan fingerprint density at radius 1 is 1.09 bits per heavy atom. The summed E-state index contributed by atoms with van der Waals surface area (Å²) in [5.41, 5.74) is 3.07. The molecule has 0 saturated carbocycles. The van der Waals surface area contributed by atoms with E-state index in [-0.39, 0.29) is 18.0 Å². The van der Waals surface area contributed by atoms with Crippen LogP contribution in [0.25, 0.3) is 5.57 Å². The van der Waals surface area contributed by atoms with Gasteiger partial charge in [0, 0.05) is 12.8 Å². The Labute approximate surface area is 135 Å². The maximum Gasteiger partial charge on any atom is 0.171 e. The van der Waals surface area contributed by atoms with Crippen molar-refractivity contribution in [2.24, 2.45) is 0 Å². The van der Waals surface area contributed by atoms with E-state index in [1.807, 2.05) is 30.3 Å². The number of aliphatic hydroxyl groups is 1. The van der Waals surface area contributed by atoms with Crippen molar-refractivity contribution in [3.63, 3.8) is 0 Å². The maximum absolute atomic E-state index is 12.2. The summed E-state index contributed by atoms with van der Waals surface area (Å²) in [6.45, 7) is 0. The summed E-state index contributed by atoms with van der Waals surface area (Å²) in [5.74, 6) is 1.28. The molecule has 1 N–H and O–H groups in total. The molecule has 2 aromatic carbocycles. The van der Waals surface area contributed by atoms with Gasteiger partial charge in [0.1, 0.15) is 5.76 Å². The minimum absolute atomic E-state index is 0.0378. The number of carbonyl (C=O) groups excluding carboxylic acids is 1. The molecule has 0 amide bonds. The maximum atomic E-state index is 12.2. The monoisotopic (exact) mass is 310 g/mol. The molecule has 4 heteroatoms. The van der Waals surface area contributed by atoms with E-state index in [9.17, 15) is 9.90 Å². The van der Waals surface area contributed by atoms with Crippen LogP contribution in [0.4, 0.5) is 0 Å². The van der Waals surface area contributed by atoms with Crippen LogP contribution >= 0.6 is 0 Å². The number of carbonyl (C=O) groups is 1. The van der Waals surface area contributed by atoms with Gasteiger partial charge < -0.3 is 14.6 Å². The summed E-state index contributed by atoms with van der Waals surface area (Å²) in [6.07, 6.45) is 0.622. The Kier molecular flexibility index (Phi) is 4.06. The van der Waals surface area contributed by atoms with Crippen LogP contribution in [0.15, 0.2) is 48.2 Å². The van der Waals surface area contributed by atoms with Gasteiger partial charge in [-0.25, -0.2) is 0 Å². The van der Waals surface area contributed by atoms with E-state index in [1.54, 1.807) is 26.4 Å². The summed E-state index contributed by atoms with van der Waals surface area (Å²) in [5, 5.41) is 10.5. The average molecular weight is 310 g/mol. The first-order valence-corrected chi connectivity index (χ1v) is 7.38. The Morgan fingerprint density at radius 3 is 2.57 bits per heavy atom. The van der Waals surface area contributed by atoms with Crippen molar-refractivity contribution in [3.8, 4) is 11.5 Å². The number of allylic oxidation sites excluding steroid dienone is 2. The van der Waals surface area contributed by atoms with Crippen LogP contribution in [0.1, 0.15) is 16.7 Å². The highest BCUT2D eigenvalue weighted by molar-refractivity contribution is 6.25. The second kappa shape index (κ2) is 6.16. The van der Waals surface area contributed by atoms with Crippen LogP contribution in [0.5, 0.6) is 11.5 Å². The normalized spacial score (nSPS) is 15.3. The van der Waals surface area contributed by atoms with Gasteiger partial charge >= 0.3 is 0 Å². The molecule has 0 aliphatic heterocycles. The molecule has 1 aliphatic rings. The molecule has 0 unspecified atom stereocenters. The number of ketones is 1. The molecule has 4 nitrogen and oxygen atoms in total. The quantitative estimate of drug-likeness (QED) is 0.695. The van der Waals surface area contributed by atoms with Crippen LogP contribution < -0.4 is 9.47 Å². The summed E-state index contributed by atoms with van der Waals surface area (Å²) >= 11 is 0. The number of rotatable bonds is 4. The highest BCUT2D eigenvalue weighted by Crippen LogP contribution is 2.33. The van der Waals surface area contributed by atoms with Crippen LogP contribution in [-0.2, 0) is 17.6 Å². The smallest absolute Gasteiger partial charge is 0.171 e. The van der Waals surface area contributed by atoms with Gasteiger partial charge in [-0.15, -0.1) is 0 Å². The zero-order chi connectivity index (χ0) is 16.4. The molecule has 23 heavy (non-hydrogen) atoms. The standard InChI is InChI=1S/C19H18O4/c1-22-17-8-7-12(10-18(17)23-2)9-15(20)19-14-6-4-3-5-13(14)11-16(19)21/h3-8,10,20H,9,11H2,1-2H3/b19-15-. The summed E-state index contributed by atoms with van der Waals surface area (Å²) < 4.78 is 10.5. The largest absolute Gasteiger partial charge is 0.511 e. The van der Waals surface area contributed by atoms with E-state index >= 15 is 0 Å². The lowest BCUT2D eigenvalue weighted by molar-refractivity contribution is -0.112. The highest BCUT2D eigenvalue weighted by atomic mass is 16.5. The van der Waals surface area contributed by atoms with E-state index in [2.05, 4.69) is 0 Å². The van der Waals surface area contributed by atoms with Gasteiger partial charge in [0.15, 0.2) is 17.3 Å². The number of hydrogen-bond acceptors (Lipinski definition) is 4. The lowest BCUT2D eigenvalue weighted by Gasteiger charge is -2.10. The van der Waals surface area contributed by atoms with Gasteiger partial charge in [-0.3, -0.25) is 4.79 Å². The van der Waals surface area contributed by atoms with Gasteiger partial charge in [0.25, 0.3) is 0 Å². The molecule has 118 valence electrons. The predicted molar refractivity (Wildman–Crippen MR) is 88.0 cm³/mol. The molecule has 2 aromatic rings. The van der Waals surface area contributed by atoms with Gasteiger partial charge in [0.2, 0.25) is 0 Å². The number of hydrogen-bond donors (Lipinski definition) is 1. The molecule has 0 heterocycles. The Bertz CT molecular complexity index is 790. The third-order valence-corrected chi connectivity index (χ3v) is 4.02. The summed E-state index contributed by atoms with van der Waals surface area (Å²) in [7, 11) is 3.14. The number of ether oxygens (including phenoxy) is 2.